The van der Waals surface area contributed by atoms with Gasteiger partial charge in [-0.15, -0.1) is 10.3 Å². The highest BCUT2D eigenvalue weighted by Crippen LogP contribution is 2.39. The first-order valence-corrected chi connectivity index (χ1v) is 14.7. The molecule has 0 bridgehead atoms. The fourth-order valence-electron chi connectivity index (χ4n) is 3.56. The summed E-state index contributed by atoms with van der Waals surface area (Å²) < 4.78 is 37.2. The first kappa shape index (κ1) is 30.6. The van der Waals surface area contributed by atoms with Crippen molar-refractivity contribution in [3.05, 3.63) is 105 Å². The van der Waals surface area contributed by atoms with Gasteiger partial charge in [-0.25, -0.2) is 0 Å². The fourth-order valence-corrected chi connectivity index (χ4v) is 5.00. The van der Waals surface area contributed by atoms with Crippen molar-refractivity contribution >= 4 is 62.9 Å². The Morgan fingerprint density at radius 3 is 1.45 bits per heavy atom. The molecular formula is C28H22Br2N6O5P+. The molecule has 11 nitrogen and oxygen atoms in total. The topological polar surface area (TPSA) is 132 Å². The van der Waals surface area contributed by atoms with Crippen LogP contribution < -0.4 is 30.7 Å². The highest BCUT2D eigenvalue weighted by molar-refractivity contribution is 9.11. The minimum Gasteiger partial charge on any atom is -0.494 e. The van der Waals surface area contributed by atoms with Crippen LogP contribution in [0.15, 0.2) is 93.9 Å². The van der Waals surface area contributed by atoms with Gasteiger partial charge >= 0.3 is 8.25 Å². The number of methoxy groups -OCH3 is 2. The Kier molecular flexibility index (Phi) is 10.6. The predicted molar refractivity (Wildman–Crippen MR) is 166 cm³/mol. The molecule has 4 rings (SSSR count). The lowest BCUT2D eigenvalue weighted by Gasteiger charge is -2.23. The Morgan fingerprint density at radius 2 is 1.10 bits per heavy atom. The Labute approximate surface area is 259 Å². The number of rotatable bonds is 12. The summed E-state index contributed by atoms with van der Waals surface area (Å²) in [5, 5.41) is 20.9. The van der Waals surface area contributed by atoms with Crippen LogP contribution in [-0.2, 0) is 13.8 Å². The maximum Gasteiger partial charge on any atom is 0.750 e. The molecule has 4 aromatic rings. The van der Waals surface area contributed by atoms with Crippen molar-refractivity contribution in [1.29, 1.82) is 10.5 Å². The van der Waals surface area contributed by atoms with E-state index < -0.39 is 8.25 Å². The van der Waals surface area contributed by atoms with Gasteiger partial charge < -0.3 is 9.47 Å². The molecular weight excluding hydrogens is 691 g/mol. The van der Waals surface area contributed by atoms with Crippen molar-refractivity contribution in [3.63, 3.8) is 0 Å². The van der Waals surface area contributed by atoms with Gasteiger partial charge in [-0.1, -0.05) is 24.3 Å². The Morgan fingerprint density at radius 1 is 0.690 bits per heavy atom. The van der Waals surface area contributed by atoms with Crippen LogP contribution in [0.25, 0.3) is 0 Å². The summed E-state index contributed by atoms with van der Waals surface area (Å²) in [6.07, 6.45) is 0. The number of para-hydroxylation sites is 2. The number of nitriles is 2. The van der Waals surface area contributed by atoms with Crippen LogP contribution in [0, 0.1) is 22.7 Å². The van der Waals surface area contributed by atoms with E-state index in [-0.39, 0.29) is 0 Å². The normalized spacial score (nSPS) is 10.1. The van der Waals surface area contributed by atoms with Crippen molar-refractivity contribution in [1.82, 2.24) is 0 Å². The van der Waals surface area contributed by atoms with E-state index in [1.807, 2.05) is 12.1 Å². The van der Waals surface area contributed by atoms with Gasteiger partial charge in [0.15, 0.2) is 0 Å². The van der Waals surface area contributed by atoms with Gasteiger partial charge in [-0.3, -0.25) is 10.9 Å². The van der Waals surface area contributed by atoms with E-state index in [9.17, 15) is 15.1 Å². The minimum absolute atomic E-state index is 0.357. The molecule has 0 aromatic heterocycles. The van der Waals surface area contributed by atoms with Gasteiger partial charge in [0.1, 0.15) is 22.9 Å². The number of nitrogens with one attached hydrogen (secondary N) is 2. The lowest BCUT2D eigenvalue weighted by atomic mass is 10.2. The Hall–Kier alpha value is -4.36. The molecule has 0 spiro atoms. The molecule has 0 aliphatic heterocycles. The molecule has 0 heterocycles. The highest BCUT2D eigenvalue weighted by Gasteiger charge is 2.34. The molecule has 0 fully saturated rings. The number of hydrogen-bond acceptors (Lipinski definition) is 11. The van der Waals surface area contributed by atoms with E-state index in [1.54, 1.807) is 72.8 Å². The van der Waals surface area contributed by atoms with Crippen LogP contribution in [0.1, 0.15) is 11.1 Å². The van der Waals surface area contributed by atoms with Gasteiger partial charge in [0.2, 0.25) is 0 Å². The number of hydrazine groups is 2. The van der Waals surface area contributed by atoms with Crippen molar-refractivity contribution in [2.75, 3.05) is 35.4 Å². The molecule has 0 radical (unpaired) electrons. The highest BCUT2D eigenvalue weighted by atomic mass is 79.9. The molecule has 0 aliphatic rings. The summed E-state index contributed by atoms with van der Waals surface area (Å²) in [4.78, 5) is 0. The van der Waals surface area contributed by atoms with E-state index in [2.05, 4.69) is 54.8 Å². The van der Waals surface area contributed by atoms with E-state index >= 15 is 0 Å². The number of benzene rings is 4. The van der Waals surface area contributed by atoms with Crippen LogP contribution >= 0.6 is 40.1 Å². The molecule has 0 saturated carbocycles. The molecule has 42 heavy (non-hydrogen) atoms. The number of hydrogen-bond donors (Lipinski definition) is 2. The number of halogens is 2. The quantitative estimate of drug-likeness (QED) is 0.110. The van der Waals surface area contributed by atoms with Crippen molar-refractivity contribution < 1.29 is 23.3 Å². The van der Waals surface area contributed by atoms with Gasteiger partial charge in [0.25, 0.3) is 0 Å². The monoisotopic (exact) mass is 711 g/mol. The smallest absolute Gasteiger partial charge is 0.494 e. The summed E-state index contributed by atoms with van der Waals surface area (Å²) in [6.45, 7) is 0. The van der Waals surface area contributed by atoms with Crippen LogP contribution in [0.2, 0.25) is 0 Å². The van der Waals surface area contributed by atoms with Crippen LogP contribution in [-0.4, -0.2) is 14.2 Å². The van der Waals surface area contributed by atoms with Crippen LogP contribution in [0.3, 0.4) is 0 Å². The van der Waals surface area contributed by atoms with E-state index in [0.29, 0.717) is 54.3 Å². The van der Waals surface area contributed by atoms with E-state index in [0.717, 1.165) is 10.3 Å². The maximum absolute atomic E-state index is 13.5. The lowest BCUT2D eigenvalue weighted by molar-refractivity contribution is 0.210. The van der Waals surface area contributed by atoms with Gasteiger partial charge in [0.05, 0.1) is 48.9 Å². The number of nitrogens with zero attached hydrogens (tertiary/aromatic N) is 4. The molecule has 0 saturated heterocycles. The second kappa shape index (κ2) is 14.5. The molecule has 0 amide bonds. The molecule has 2 N–H and O–H groups in total. The Bertz CT molecular complexity index is 1560. The second-order valence-electron chi connectivity index (χ2n) is 8.16. The van der Waals surface area contributed by atoms with Crippen molar-refractivity contribution in [2.45, 2.75) is 0 Å². The summed E-state index contributed by atoms with van der Waals surface area (Å²) in [6, 6.07) is 27.9. The lowest BCUT2D eigenvalue weighted by Crippen LogP contribution is -2.31. The SMILES string of the molecule is COc1cc(C#N)ccc1NN(O[P+](=O)ON(Nc1ccc(C#N)cc1OC)c1ccccc1Br)c1ccccc1Br. The molecule has 4 aromatic carbocycles. The van der Waals surface area contributed by atoms with Gasteiger partial charge in [-0.2, -0.15) is 10.5 Å². The zero-order valence-corrected chi connectivity index (χ0v) is 26.2. The third-order valence-electron chi connectivity index (χ3n) is 5.54. The largest absolute Gasteiger partial charge is 0.750 e. The minimum atomic E-state index is -2.92. The van der Waals surface area contributed by atoms with E-state index in [1.165, 1.54) is 14.2 Å². The standard InChI is InChI=1S/C28H22Br2N6O5P/c1-38-27-15-19(17-31)11-13-23(27)33-35(25-9-5-3-7-21(25)29)40-42(37)41-36(26-10-6-4-8-22(26)30)34-24-14-12-20(18-32)16-28(24)39-2/h3-16,33-34H,1-2H3/q+1. The number of ether oxygens (including phenoxy) is 2. The molecule has 0 atom stereocenters. The first-order chi connectivity index (χ1) is 20.4. The third kappa shape index (κ3) is 7.47. The summed E-state index contributed by atoms with van der Waals surface area (Å²) >= 11 is 6.98. The fraction of sp³-hybridized carbons (Fsp3) is 0.0714. The van der Waals surface area contributed by atoms with Crippen molar-refractivity contribution in [3.8, 4) is 23.6 Å². The zero-order valence-electron chi connectivity index (χ0n) is 22.1. The summed E-state index contributed by atoms with van der Waals surface area (Å²) in [5.74, 6) is 0.713. The summed E-state index contributed by atoms with van der Waals surface area (Å²) in [7, 11) is 0.0105. The summed E-state index contributed by atoms with van der Waals surface area (Å²) in [5.41, 5.74) is 8.63. The number of anilines is 4. The van der Waals surface area contributed by atoms with Crippen molar-refractivity contribution in [2.24, 2.45) is 0 Å². The zero-order chi connectivity index (χ0) is 30.1. The third-order valence-corrected chi connectivity index (χ3v) is 7.48. The van der Waals surface area contributed by atoms with Crippen LogP contribution in [0.4, 0.5) is 22.7 Å². The molecule has 14 heteroatoms. The maximum atomic E-state index is 13.5. The molecule has 0 unspecified atom stereocenters. The first-order valence-electron chi connectivity index (χ1n) is 12.0. The molecule has 0 aliphatic carbocycles. The average molecular weight is 713 g/mol. The van der Waals surface area contributed by atoms with Gasteiger partial charge in [0, 0.05) is 34.9 Å². The predicted octanol–water partition coefficient (Wildman–Crippen LogP) is 7.86. The Balaban J connectivity index is 1.65. The second-order valence-corrected chi connectivity index (χ2v) is 10.6. The van der Waals surface area contributed by atoms with Gasteiger partial charge in [-0.05, 0) is 80.4 Å². The average Bonchev–Trinajstić information content (AvgIpc) is 3.01. The van der Waals surface area contributed by atoms with E-state index in [4.69, 9.17) is 18.7 Å². The van der Waals surface area contributed by atoms with Crippen LogP contribution in [0.5, 0.6) is 11.5 Å². The molecule has 212 valence electrons.